The molecule has 0 aromatic carbocycles. The number of nitriles is 1. The topological polar surface area (TPSA) is 40.9 Å². The maximum Gasteiger partial charge on any atom is 0.143 e. The number of carbonyl (C=O) groups is 1. The fraction of sp³-hybridized carbons (Fsp3) is 0.333. The lowest BCUT2D eigenvalue weighted by Gasteiger charge is -1.81. The maximum absolute atomic E-state index is 9.71. The van der Waals surface area contributed by atoms with Crippen LogP contribution in [0, 0.1) is 11.3 Å². The lowest BCUT2D eigenvalue weighted by molar-refractivity contribution is -0.104. The number of nitrogens with zero attached hydrogens (tertiary/aromatic N) is 1. The first-order valence-corrected chi connectivity index (χ1v) is 2.39. The van der Waals surface area contributed by atoms with Gasteiger partial charge in [-0.05, 0) is 12.5 Å². The van der Waals surface area contributed by atoms with E-state index in [0.29, 0.717) is 18.3 Å². The van der Waals surface area contributed by atoms with Crippen molar-refractivity contribution in [3.63, 3.8) is 0 Å². The van der Waals surface area contributed by atoms with Gasteiger partial charge in [0.2, 0.25) is 0 Å². The molecule has 0 aliphatic heterocycles. The summed E-state index contributed by atoms with van der Waals surface area (Å²) < 4.78 is 0. The molecule has 2 heteroatoms. The Balaban J connectivity index is 3.91. The van der Waals surface area contributed by atoms with Gasteiger partial charge in [0.05, 0.1) is 6.07 Å². The fourth-order valence-electron chi connectivity index (χ4n) is 0.316. The highest BCUT2D eigenvalue weighted by molar-refractivity contribution is 5.67. The molecular formula is C6H7NO. The van der Waals surface area contributed by atoms with E-state index in [2.05, 4.69) is 0 Å². The second-order valence-corrected chi connectivity index (χ2v) is 1.29. The van der Waals surface area contributed by atoms with Crippen LogP contribution >= 0.6 is 0 Å². The monoisotopic (exact) mass is 109 g/mol. The van der Waals surface area contributed by atoms with Gasteiger partial charge in [-0.15, -0.1) is 0 Å². The lowest BCUT2D eigenvalue weighted by Crippen LogP contribution is -1.73. The van der Waals surface area contributed by atoms with Crippen molar-refractivity contribution in [2.45, 2.75) is 13.3 Å². The molecule has 0 N–H and O–H groups in total. The van der Waals surface area contributed by atoms with Crippen molar-refractivity contribution >= 4 is 6.29 Å². The van der Waals surface area contributed by atoms with Gasteiger partial charge in [-0.25, -0.2) is 0 Å². The summed E-state index contributed by atoms with van der Waals surface area (Å²) in [7, 11) is 0. The Morgan fingerprint density at radius 1 is 1.88 bits per heavy atom. The molecule has 0 amide bonds. The van der Waals surface area contributed by atoms with E-state index in [1.165, 1.54) is 6.08 Å². The van der Waals surface area contributed by atoms with E-state index in [9.17, 15) is 4.79 Å². The van der Waals surface area contributed by atoms with Crippen molar-refractivity contribution in [2.24, 2.45) is 0 Å². The predicted molar refractivity (Wildman–Crippen MR) is 30.1 cm³/mol. The van der Waals surface area contributed by atoms with Crippen LogP contribution in [-0.2, 0) is 4.79 Å². The van der Waals surface area contributed by atoms with Gasteiger partial charge < -0.3 is 0 Å². The van der Waals surface area contributed by atoms with Crippen LogP contribution < -0.4 is 0 Å². The molecular weight excluding hydrogens is 102 g/mol. The summed E-state index contributed by atoms with van der Waals surface area (Å²) in [6.45, 7) is 1.83. The minimum Gasteiger partial charge on any atom is -0.299 e. The van der Waals surface area contributed by atoms with Crippen LogP contribution in [0.25, 0.3) is 0 Å². The van der Waals surface area contributed by atoms with Crippen molar-refractivity contribution < 1.29 is 4.79 Å². The quantitative estimate of drug-likeness (QED) is 0.302. The number of rotatable bonds is 2. The number of allylic oxidation sites excluding steroid dienone is 2. The Morgan fingerprint density at radius 3 is 2.62 bits per heavy atom. The minimum absolute atomic E-state index is 0.528. The molecule has 0 saturated heterocycles. The summed E-state index contributed by atoms with van der Waals surface area (Å²) in [5.74, 6) is 0. The highest BCUT2D eigenvalue weighted by Crippen LogP contribution is 1.94. The van der Waals surface area contributed by atoms with Crippen molar-refractivity contribution in [1.82, 2.24) is 0 Å². The van der Waals surface area contributed by atoms with Crippen LogP contribution in [0.1, 0.15) is 13.3 Å². The average molecular weight is 109 g/mol. The zero-order chi connectivity index (χ0) is 6.41. The molecule has 0 aromatic rings. The van der Waals surface area contributed by atoms with Crippen LogP contribution in [-0.4, -0.2) is 6.29 Å². The molecule has 0 fully saturated rings. The van der Waals surface area contributed by atoms with Gasteiger partial charge in [-0.3, -0.25) is 4.79 Å². The standard InChI is InChI=1S/C6H7NO/c1-2-6(5-7)3-4-8/h3-4H,2H2,1H3. The number of hydrogen-bond acceptors (Lipinski definition) is 2. The van der Waals surface area contributed by atoms with Gasteiger partial charge in [0, 0.05) is 5.57 Å². The molecule has 0 atom stereocenters. The highest BCUT2D eigenvalue weighted by Gasteiger charge is 1.84. The Morgan fingerprint density at radius 2 is 2.50 bits per heavy atom. The van der Waals surface area contributed by atoms with Crippen molar-refractivity contribution in [3.8, 4) is 6.07 Å². The van der Waals surface area contributed by atoms with Gasteiger partial charge in [0.15, 0.2) is 0 Å². The molecule has 0 aromatic heterocycles. The molecule has 8 heavy (non-hydrogen) atoms. The first kappa shape index (κ1) is 6.90. The third-order valence-electron chi connectivity index (χ3n) is 0.794. The summed E-state index contributed by atoms with van der Waals surface area (Å²) in [5, 5.41) is 8.18. The first-order valence-electron chi connectivity index (χ1n) is 2.39. The van der Waals surface area contributed by atoms with Gasteiger partial charge in [0.1, 0.15) is 6.29 Å². The average Bonchev–Trinajstić information content (AvgIpc) is 1.83. The molecule has 42 valence electrons. The molecule has 0 unspecified atom stereocenters. The predicted octanol–water partition coefficient (Wildman–Crippen LogP) is 1.05. The van der Waals surface area contributed by atoms with E-state index in [1.54, 1.807) is 0 Å². The smallest absolute Gasteiger partial charge is 0.143 e. The number of carbonyl (C=O) groups excluding carboxylic acids is 1. The SMILES string of the molecule is CCC(C#N)=CC=O. The van der Waals surface area contributed by atoms with E-state index >= 15 is 0 Å². The molecule has 0 aliphatic carbocycles. The van der Waals surface area contributed by atoms with E-state index in [-0.39, 0.29) is 0 Å². The Labute approximate surface area is 48.4 Å². The molecule has 0 rings (SSSR count). The highest BCUT2D eigenvalue weighted by atomic mass is 16.1. The maximum atomic E-state index is 9.71. The molecule has 0 radical (unpaired) electrons. The molecule has 2 nitrogen and oxygen atoms in total. The van der Waals surface area contributed by atoms with E-state index in [1.807, 2.05) is 13.0 Å². The lowest BCUT2D eigenvalue weighted by atomic mass is 10.2. The third-order valence-corrected chi connectivity index (χ3v) is 0.794. The summed E-state index contributed by atoms with van der Waals surface area (Å²) in [4.78, 5) is 9.71. The Kier molecular flexibility index (Phi) is 3.51. The van der Waals surface area contributed by atoms with Gasteiger partial charge in [-0.1, -0.05) is 6.92 Å². The Hall–Kier alpha value is -1.10. The largest absolute Gasteiger partial charge is 0.299 e. The summed E-state index contributed by atoms with van der Waals surface area (Å²) in [6, 6.07) is 1.88. The van der Waals surface area contributed by atoms with E-state index in [4.69, 9.17) is 5.26 Å². The van der Waals surface area contributed by atoms with E-state index < -0.39 is 0 Å². The summed E-state index contributed by atoms with van der Waals surface area (Å²) in [5.41, 5.74) is 0.528. The number of hydrogen-bond donors (Lipinski definition) is 0. The van der Waals surface area contributed by atoms with Crippen LogP contribution in [0.3, 0.4) is 0 Å². The second-order valence-electron chi connectivity index (χ2n) is 1.29. The summed E-state index contributed by atoms with van der Waals surface area (Å²) >= 11 is 0. The molecule has 0 heterocycles. The van der Waals surface area contributed by atoms with Crippen molar-refractivity contribution in [2.75, 3.05) is 0 Å². The molecule has 0 aliphatic rings. The van der Waals surface area contributed by atoms with Crippen LogP contribution in [0.15, 0.2) is 11.6 Å². The van der Waals surface area contributed by atoms with Crippen molar-refractivity contribution in [1.29, 1.82) is 5.26 Å². The van der Waals surface area contributed by atoms with Crippen LogP contribution in [0.4, 0.5) is 0 Å². The fourth-order valence-corrected chi connectivity index (χ4v) is 0.316. The van der Waals surface area contributed by atoms with Gasteiger partial charge in [-0.2, -0.15) is 5.26 Å². The van der Waals surface area contributed by atoms with Gasteiger partial charge >= 0.3 is 0 Å². The summed E-state index contributed by atoms with van der Waals surface area (Å²) in [6.07, 6.45) is 2.54. The third kappa shape index (κ3) is 2.14. The zero-order valence-electron chi connectivity index (χ0n) is 4.72. The van der Waals surface area contributed by atoms with E-state index in [0.717, 1.165) is 0 Å². The van der Waals surface area contributed by atoms with Gasteiger partial charge in [0.25, 0.3) is 0 Å². The van der Waals surface area contributed by atoms with Crippen molar-refractivity contribution in [3.05, 3.63) is 11.6 Å². The zero-order valence-corrected chi connectivity index (χ0v) is 4.72. The first-order chi connectivity index (χ1) is 3.85. The second kappa shape index (κ2) is 4.07. The minimum atomic E-state index is 0.528. The molecule has 0 bridgehead atoms. The molecule has 0 saturated carbocycles. The number of aldehydes is 1. The van der Waals surface area contributed by atoms with Crippen LogP contribution in [0.5, 0.6) is 0 Å². The molecule has 0 spiro atoms. The normalized spacial score (nSPS) is 10.2. The van der Waals surface area contributed by atoms with Crippen LogP contribution in [0.2, 0.25) is 0 Å². The Bertz CT molecular complexity index is 141.